The molecular formula is C22H18ClF3N6O2S. The number of aromatic nitrogens is 3. The molecule has 2 amide bonds. The smallest absolute Gasteiger partial charge is 0.344 e. The summed E-state index contributed by atoms with van der Waals surface area (Å²) in [5.41, 5.74) is 0.206. The molecule has 3 aromatic heterocycles. The summed E-state index contributed by atoms with van der Waals surface area (Å²) < 4.78 is 39.0. The molecule has 0 aliphatic carbocycles. The Kier molecular flexibility index (Phi) is 8.30. The first-order valence-electron chi connectivity index (χ1n) is 9.94. The second kappa shape index (κ2) is 11.2. The quantitative estimate of drug-likeness (QED) is 0.345. The topological polar surface area (TPSA) is 109 Å². The van der Waals surface area contributed by atoms with Crippen molar-refractivity contribution in [3.63, 3.8) is 0 Å². The number of anilines is 1. The second-order valence-corrected chi connectivity index (χ2v) is 8.45. The minimum absolute atomic E-state index is 0.124. The van der Waals surface area contributed by atoms with Crippen LogP contribution in [0.5, 0.6) is 0 Å². The van der Waals surface area contributed by atoms with Crippen molar-refractivity contribution in [3.05, 3.63) is 81.2 Å². The monoisotopic (exact) mass is 522 g/mol. The number of pyridine rings is 2. The summed E-state index contributed by atoms with van der Waals surface area (Å²) in [5.74, 6) is -1.42. The Labute approximate surface area is 207 Å². The van der Waals surface area contributed by atoms with E-state index in [2.05, 4.69) is 30.6 Å². The zero-order chi connectivity index (χ0) is 25.6. The Hall–Kier alpha value is -3.64. The van der Waals surface area contributed by atoms with Gasteiger partial charge in [-0.05, 0) is 31.2 Å². The zero-order valence-electron chi connectivity index (χ0n) is 18.3. The van der Waals surface area contributed by atoms with E-state index < -0.39 is 34.6 Å². The van der Waals surface area contributed by atoms with Crippen LogP contribution in [0, 0.1) is 0 Å². The van der Waals surface area contributed by atoms with Crippen LogP contribution in [0.2, 0.25) is 5.02 Å². The summed E-state index contributed by atoms with van der Waals surface area (Å²) in [6.45, 7) is 1.68. The first kappa shape index (κ1) is 26.0. The molecule has 0 aromatic carbocycles. The van der Waals surface area contributed by atoms with Crippen LogP contribution in [0.25, 0.3) is 0 Å². The van der Waals surface area contributed by atoms with Gasteiger partial charge in [0.05, 0.1) is 28.5 Å². The van der Waals surface area contributed by atoms with Crippen LogP contribution in [0.3, 0.4) is 0 Å². The average molecular weight is 523 g/mol. The fraction of sp³-hybridized carbons (Fsp3) is 0.182. The summed E-state index contributed by atoms with van der Waals surface area (Å²) in [6, 6.07) is 3.68. The summed E-state index contributed by atoms with van der Waals surface area (Å²) in [7, 11) is 1.60. The Morgan fingerprint density at radius 3 is 2.63 bits per heavy atom. The van der Waals surface area contributed by atoms with Gasteiger partial charge in [-0.1, -0.05) is 11.6 Å². The number of rotatable bonds is 7. The number of nitrogens with one attached hydrogen (secondary N) is 2. The van der Waals surface area contributed by atoms with E-state index in [-0.39, 0.29) is 10.7 Å². The molecule has 2 N–H and O–H groups in total. The molecular weight excluding hydrogens is 505 g/mol. The van der Waals surface area contributed by atoms with Crippen molar-refractivity contribution in [1.82, 2.24) is 20.3 Å². The van der Waals surface area contributed by atoms with Crippen molar-refractivity contribution >= 4 is 46.3 Å². The van der Waals surface area contributed by atoms with Gasteiger partial charge in [-0.15, -0.1) is 11.3 Å². The number of carbonyl (C=O) groups is 2. The normalized spacial score (nSPS) is 13.0. The van der Waals surface area contributed by atoms with E-state index in [0.717, 1.165) is 23.1 Å². The molecule has 3 heterocycles. The van der Waals surface area contributed by atoms with Crippen molar-refractivity contribution < 1.29 is 22.8 Å². The first-order valence-corrected chi connectivity index (χ1v) is 11.1. The van der Waals surface area contributed by atoms with E-state index in [4.69, 9.17) is 11.6 Å². The molecule has 0 radical (unpaired) electrons. The standard InChI is InChI=1S/C22H18ClF3N6O2S/c1-12(31-19(33)6-5-16(27-2)13-4-3-7-28-9-13)21-30-11-17(35-21)20(34)32-18-8-14(22(24,25)26)15(23)10-29-18/h3-12H,1-2H3,(H,31,33)(H,29,32,34)/b6-5+,27-16+/t12-/m1/s1. The van der Waals surface area contributed by atoms with Crippen molar-refractivity contribution in [2.24, 2.45) is 4.99 Å². The fourth-order valence-corrected chi connectivity index (χ4v) is 3.81. The molecule has 0 aliphatic rings. The fourth-order valence-electron chi connectivity index (χ4n) is 2.79. The highest BCUT2D eigenvalue weighted by atomic mass is 35.5. The van der Waals surface area contributed by atoms with Crippen molar-refractivity contribution in [1.29, 1.82) is 0 Å². The Morgan fingerprint density at radius 2 is 1.97 bits per heavy atom. The molecule has 0 spiro atoms. The van der Waals surface area contributed by atoms with Gasteiger partial charge < -0.3 is 10.6 Å². The SMILES string of the molecule is C/N=C(\C=C\C(=O)N[C@H](C)c1ncc(C(=O)Nc2cc(C(F)(F)F)c(Cl)cn2)s1)c1cccnc1. The summed E-state index contributed by atoms with van der Waals surface area (Å²) in [4.78, 5) is 40.9. The zero-order valence-corrected chi connectivity index (χ0v) is 19.9. The van der Waals surface area contributed by atoms with Gasteiger partial charge in [-0.25, -0.2) is 9.97 Å². The molecule has 0 aliphatic heterocycles. The number of hydrogen-bond donors (Lipinski definition) is 2. The number of nitrogens with zero attached hydrogens (tertiary/aromatic N) is 4. The number of aliphatic imine (C=N–C) groups is 1. The van der Waals surface area contributed by atoms with E-state index in [0.29, 0.717) is 16.8 Å². The maximum atomic E-state index is 13.0. The molecule has 1 atom stereocenters. The maximum absolute atomic E-state index is 13.0. The summed E-state index contributed by atoms with van der Waals surface area (Å²) >= 11 is 6.52. The van der Waals surface area contributed by atoms with Crippen LogP contribution in [-0.4, -0.2) is 39.5 Å². The number of thiazole rings is 1. The highest BCUT2D eigenvalue weighted by Gasteiger charge is 2.34. The minimum Gasteiger partial charge on any atom is -0.344 e. The van der Waals surface area contributed by atoms with Crippen LogP contribution < -0.4 is 10.6 Å². The maximum Gasteiger partial charge on any atom is 0.418 e. The van der Waals surface area contributed by atoms with Gasteiger partial charge in [-0.2, -0.15) is 13.2 Å². The van der Waals surface area contributed by atoms with E-state index >= 15 is 0 Å². The molecule has 13 heteroatoms. The molecule has 3 aromatic rings. The molecule has 0 saturated carbocycles. The van der Waals surface area contributed by atoms with Gasteiger partial charge in [0, 0.05) is 37.3 Å². The van der Waals surface area contributed by atoms with E-state index in [9.17, 15) is 22.8 Å². The molecule has 0 bridgehead atoms. The van der Waals surface area contributed by atoms with Gasteiger partial charge in [0.2, 0.25) is 5.91 Å². The van der Waals surface area contributed by atoms with Gasteiger partial charge in [0.25, 0.3) is 5.91 Å². The highest BCUT2D eigenvalue weighted by molar-refractivity contribution is 7.13. The number of amides is 2. The Morgan fingerprint density at radius 1 is 1.20 bits per heavy atom. The van der Waals surface area contributed by atoms with Crippen LogP contribution >= 0.6 is 22.9 Å². The number of allylic oxidation sites excluding steroid dienone is 1. The van der Waals surface area contributed by atoms with Crippen LogP contribution in [0.1, 0.15) is 38.8 Å². The molecule has 0 unspecified atom stereocenters. The number of halogens is 4. The summed E-state index contributed by atoms with van der Waals surface area (Å²) in [6.07, 6.45) is 3.50. The third kappa shape index (κ3) is 6.93. The van der Waals surface area contributed by atoms with Gasteiger partial charge in [0.1, 0.15) is 15.7 Å². The molecule has 0 fully saturated rings. The van der Waals surface area contributed by atoms with Crippen LogP contribution in [-0.2, 0) is 11.0 Å². The Balaban J connectivity index is 1.63. The summed E-state index contributed by atoms with van der Waals surface area (Å²) in [5, 5.41) is 4.87. The highest BCUT2D eigenvalue weighted by Crippen LogP contribution is 2.35. The first-order chi connectivity index (χ1) is 16.6. The van der Waals surface area contributed by atoms with Crippen LogP contribution in [0.4, 0.5) is 19.0 Å². The number of carbonyl (C=O) groups excluding carboxylic acids is 2. The molecule has 3 rings (SSSR count). The number of hydrogen-bond acceptors (Lipinski definition) is 7. The lowest BCUT2D eigenvalue weighted by Crippen LogP contribution is -2.24. The van der Waals surface area contributed by atoms with Gasteiger partial charge >= 0.3 is 6.18 Å². The van der Waals surface area contributed by atoms with Crippen molar-refractivity contribution in [2.75, 3.05) is 12.4 Å². The minimum atomic E-state index is -4.69. The predicted octanol–water partition coefficient (Wildman–Crippen LogP) is 4.71. The Bertz CT molecular complexity index is 1280. The van der Waals surface area contributed by atoms with Crippen LogP contribution in [0.15, 0.2) is 60.1 Å². The van der Waals surface area contributed by atoms with Gasteiger partial charge in [-0.3, -0.25) is 19.6 Å². The van der Waals surface area contributed by atoms with Crippen molar-refractivity contribution in [2.45, 2.75) is 19.1 Å². The molecule has 35 heavy (non-hydrogen) atoms. The van der Waals surface area contributed by atoms with Crippen molar-refractivity contribution in [3.8, 4) is 0 Å². The molecule has 8 nitrogen and oxygen atoms in total. The molecule has 0 saturated heterocycles. The third-order valence-electron chi connectivity index (χ3n) is 4.47. The van der Waals surface area contributed by atoms with E-state index in [1.165, 1.54) is 12.3 Å². The predicted molar refractivity (Wildman–Crippen MR) is 127 cm³/mol. The second-order valence-electron chi connectivity index (χ2n) is 6.98. The largest absolute Gasteiger partial charge is 0.418 e. The van der Waals surface area contributed by atoms with Gasteiger partial charge in [0.15, 0.2) is 0 Å². The van der Waals surface area contributed by atoms with E-state index in [1.54, 1.807) is 38.5 Å². The third-order valence-corrected chi connectivity index (χ3v) is 5.95. The lowest BCUT2D eigenvalue weighted by molar-refractivity contribution is -0.137. The lowest BCUT2D eigenvalue weighted by atomic mass is 10.1. The molecule has 182 valence electrons. The average Bonchev–Trinajstić information content (AvgIpc) is 3.31. The number of alkyl halides is 3. The lowest BCUT2D eigenvalue weighted by Gasteiger charge is -2.10. The van der Waals surface area contributed by atoms with E-state index in [1.807, 2.05) is 6.07 Å².